The van der Waals surface area contributed by atoms with Crippen molar-refractivity contribution < 1.29 is 22.7 Å². The van der Waals surface area contributed by atoms with Gasteiger partial charge < -0.3 is 9.47 Å². The van der Waals surface area contributed by atoms with E-state index in [2.05, 4.69) is 15.6 Å². The monoisotopic (exact) mass is 581 g/mol. The highest BCUT2D eigenvalue weighted by Crippen LogP contribution is 2.33. The van der Waals surface area contributed by atoms with Crippen molar-refractivity contribution in [3.8, 4) is 17.2 Å². The van der Waals surface area contributed by atoms with Gasteiger partial charge in [0.25, 0.3) is 15.9 Å². The maximum Gasteiger partial charge on any atom is 0.264 e. The van der Waals surface area contributed by atoms with Gasteiger partial charge >= 0.3 is 0 Å². The van der Waals surface area contributed by atoms with Crippen molar-refractivity contribution in [3.05, 3.63) is 94.8 Å². The number of hydrogen-bond acceptors (Lipinski definition) is 7. The van der Waals surface area contributed by atoms with Crippen molar-refractivity contribution in [2.24, 2.45) is 5.10 Å². The Morgan fingerprint density at radius 2 is 1.70 bits per heavy atom. The van der Waals surface area contributed by atoms with Crippen LogP contribution in [0.15, 0.2) is 82.8 Å². The predicted octanol–water partition coefficient (Wildman–Crippen LogP) is 4.51. The molecule has 12 heteroatoms. The lowest BCUT2D eigenvalue weighted by molar-refractivity contribution is -0.119. The molecule has 0 radical (unpaired) electrons. The first-order valence-corrected chi connectivity index (χ1v) is 13.9. The number of benzene rings is 3. The number of methoxy groups -OCH3 is 2. The molecular weight excluding hydrogens is 554 g/mol. The van der Waals surface area contributed by atoms with Gasteiger partial charge in [0, 0.05) is 6.07 Å². The lowest BCUT2D eigenvalue weighted by atomic mass is 10.2. The van der Waals surface area contributed by atoms with Crippen molar-refractivity contribution in [2.45, 2.75) is 18.7 Å². The van der Waals surface area contributed by atoms with Crippen LogP contribution in [0, 0.1) is 13.8 Å². The molecule has 1 N–H and O–H groups in total. The number of sulfonamides is 1. The second kappa shape index (κ2) is 12.2. The van der Waals surface area contributed by atoms with Crippen molar-refractivity contribution in [3.63, 3.8) is 0 Å². The highest BCUT2D eigenvalue weighted by molar-refractivity contribution is 7.92. The Balaban J connectivity index is 1.60. The van der Waals surface area contributed by atoms with Crippen molar-refractivity contribution >= 4 is 39.4 Å². The van der Waals surface area contributed by atoms with Crippen molar-refractivity contribution in [1.82, 2.24) is 15.2 Å². The Hall–Kier alpha value is -4.35. The van der Waals surface area contributed by atoms with E-state index in [1.54, 1.807) is 22.9 Å². The zero-order valence-electron chi connectivity index (χ0n) is 22.3. The van der Waals surface area contributed by atoms with E-state index in [-0.39, 0.29) is 15.7 Å². The lowest BCUT2D eigenvalue weighted by Crippen LogP contribution is -2.39. The SMILES string of the molecule is COc1ccc(N(CC(=O)N/N=C\c2c(Cl)nn(-c3ccccc3)c2C)S(=O)(=O)c2ccc(C)cc2)cc1OC. The predicted molar refractivity (Wildman–Crippen MR) is 154 cm³/mol. The van der Waals surface area contributed by atoms with Crippen LogP contribution in [0.4, 0.5) is 5.69 Å². The van der Waals surface area contributed by atoms with Crippen LogP contribution < -0.4 is 19.2 Å². The summed E-state index contributed by atoms with van der Waals surface area (Å²) in [6.45, 7) is 3.12. The van der Waals surface area contributed by atoms with Gasteiger partial charge in [-0.3, -0.25) is 9.10 Å². The molecule has 0 atom stereocenters. The molecule has 4 aromatic rings. The summed E-state index contributed by atoms with van der Waals surface area (Å²) in [6.07, 6.45) is 1.37. The standard InChI is InChI=1S/C28H28ClN5O5S/c1-19-10-13-23(14-11-19)40(36,37)33(22-12-15-25(38-3)26(16-22)39-4)18-27(35)31-30-17-24-20(2)34(32-28(24)29)21-8-6-5-7-9-21/h5-17H,18H2,1-4H3,(H,31,35)/b30-17-. The molecular formula is C28H28ClN5O5S. The van der Waals surface area contributed by atoms with Crippen LogP contribution in [0.2, 0.25) is 5.15 Å². The second-order valence-corrected chi connectivity index (χ2v) is 10.9. The Labute approximate surface area is 237 Å². The third-order valence-corrected chi connectivity index (χ3v) is 8.12. The van der Waals surface area contributed by atoms with Gasteiger partial charge in [-0.05, 0) is 50.2 Å². The van der Waals surface area contributed by atoms with Crippen LogP contribution >= 0.6 is 11.6 Å². The zero-order chi connectivity index (χ0) is 28.9. The number of rotatable bonds is 10. The molecule has 1 heterocycles. The number of aromatic nitrogens is 2. The van der Waals surface area contributed by atoms with Gasteiger partial charge in [-0.1, -0.05) is 47.5 Å². The van der Waals surface area contributed by atoms with E-state index >= 15 is 0 Å². The number of carbonyl (C=O) groups excluding carboxylic acids is 1. The number of para-hydroxylation sites is 1. The number of halogens is 1. The Kier molecular flexibility index (Phi) is 8.76. The maximum atomic E-state index is 13.7. The number of nitrogens with one attached hydrogen (secondary N) is 1. The topological polar surface area (TPSA) is 115 Å². The molecule has 0 bridgehead atoms. The summed E-state index contributed by atoms with van der Waals surface area (Å²) in [5, 5.41) is 8.56. The smallest absolute Gasteiger partial charge is 0.264 e. The summed E-state index contributed by atoms with van der Waals surface area (Å²) in [5.41, 5.74) is 5.53. The van der Waals surface area contributed by atoms with E-state index in [0.29, 0.717) is 22.8 Å². The quantitative estimate of drug-likeness (QED) is 0.218. The molecule has 1 aromatic heterocycles. The first kappa shape index (κ1) is 28.7. The highest BCUT2D eigenvalue weighted by Gasteiger charge is 2.28. The summed E-state index contributed by atoms with van der Waals surface area (Å²) in [4.78, 5) is 13.0. The number of hydrogen-bond donors (Lipinski definition) is 1. The zero-order valence-corrected chi connectivity index (χ0v) is 23.9. The molecule has 4 rings (SSSR count). The minimum absolute atomic E-state index is 0.0277. The summed E-state index contributed by atoms with van der Waals surface area (Å²) < 4.78 is 40.6. The minimum atomic E-state index is -4.14. The fraction of sp³-hybridized carbons (Fsp3) is 0.179. The number of anilines is 1. The fourth-order valence-electron chi connectivity index (χ4n) is 3.91. The summed E-state index contributed by atoms with van der Waals surface area (Å²) >= 11 is 6.33. The van der Waals surface area contributed by atoms with Gasteiger partial charge in [0.1, 0.15) is 6.54 Å². The Morgan fingerprint density at radius 3 is 2.35 bits per heavy atom. The summed E-state index contributed by atoms with van der Waals surface area (Å²) in [5.74, 6) is 0.0466. The van der Waals surface area contributed by atoms with E-state index in [1.807, 2.05) is 44.2 Å². The largest absolute Gasteiger partial charge is 0.493 e. The number of aryl methyl sites for hydroxylation is 1. The molecule has 0 saturated carbocycles. The molecule has 40 heavy (non-hydrogen) atoms. The van der Waals surface area contributed by atoms with Crippen LogP contribution in [-0.4, -0.2) is 51.1 Å². The number of amides is 1. The van der Waals surface area contributed by atoms with Crippen LogP contribution in [0.1, 0.15) is 16.8 Å². The first-order valence-electron chi connectivity index (χ1n) is 12.1. The Bertz CT molecular complexity index is 1640. The fourth-order valence-corrected chi connectivity index (χ4v) is 5.59. The van der Waals surface area contributed by atoms with Crippen molar-refractivity contribution in [2.75, 3.05) is 25.1 Å². The van der Waals surface area contributed by atoms with Crippen LogP contribution in [-0.2, 0) is 14.8 Å². The molecule has 0 spiro atoms. The van der Waals surface area contributed by atoms with Gasteiger partial charge in [0.15, 0.2) is 16.7 Å². The van der Waals surface area contributed by atoms with E-state index < -0.39 is 22.5 Å². The number of carbonyl (C=O) groups is 1. The van der Waals surface area contributed by atoms with Gasteiger partial charge in [0.2, 0.25) is 0 Å². The normalized spacial score (nSPS) is 11.4. The van der Waals surface area contributed by atoms with E-state index in [1.165, 1.54) is 44.7 Å². The van der Waals surface area contributed by atoms with Crippen LogP contribution in [0.25, 0.3) is 5.69 Å². The van der Waals surface area contributed by atoms with E-state index in [0.717, 1.165) is 15.6 Å². The molecule has 0 aliphatic rings. The third kappa shape index (κ3) is 6.11. The number of ether oxygens (including phenoxy) is 2. The minimum Gasteiger partial charge on any atom is -0.493 e. The van der Waals surface area contributed by atoms with Gasteiger partial charge in [-0.2, -0.15) is 10.2 Å². The summed E-state index contributed by atoms with van der Waals surface area (Å²) in [6, 6.07) is 20.4. The number of hydrazone groups is 1. The average Bonchev–Trinajstić information content (AvgIpc) is 3.24. The van der Waals surface area contributed by atoms with Crippen LogP contribution in [0.5, 0.6) is 11.5 Å². The summed E-state index contributed by atoms with van der Waals surface area (Å²) in [7, 11) is -1.23. The van der Waals surface area contributed by atoms with Gasteiger partial charge in [-0.25, -0.2) is 18.5 Å². The third-order valence-electron chi connectivity index (χ3n) is 6.05. The molecule has 3 aromatic carbocycles. The Morgan fingerprint density at radius 1 is 1.02 bits per heavy atom. The first-order chi connectivity index (χ1) is 19.1. The molecule has 0 aliphatic heterocycles. The van der Waals surface area contributed by atoms with E-state index in [9.17, 15) is 13.2 Å². The molecule has 1 amide bonds. The van der Waals surface area contributed by atoms with E-state index in [4.69, 9.17) is 21.1 Å². The molecule has 0 saturated heterocycles. The lowest BCUT2D eigenvalue weighted by Gasteiger charge is -2.24. The van der Waals surface area contributed by atoms with Crippen molar-refractivity contribution in [1.29, 1.82) is 0 Å². The molecule has 0 aliphatic carbocycles. The van der Waals surface area contributed by atoms with Crippen LogP contribution in [0.3, 0.4) is 0 Å². The highest BCUT2D eigenvalue weighted by atomic mass is 35.5. The van der Waals surface area contributed by atoms with Gasteiger partial charge in [-0.15, -0.1) is 0 Å². The maximum absolute atomic E-state index is 13.7. The molecule has 10 nitrogen and oxygen atoms in total. The average molecular weight is 582 g/mol. The van der Waals surface area contributed by atoms with Gasteiger partial charge in [0.05, 0.1) is 48.0 Å². The second-order valence-electron chi connectivity index (χ2n) is 8.69. The molecule has 208 valence electrons. The molecule has 0 fully saturated rings. The number of nitrogens with zero attached hydrogens (tertiary/aromatic N) is 4. The molecule has 0 unspecified atom stereocenters.